The predicted octanol–water partition coefficient (Wildman–Crippen LogP) is 2.57. The molecule has 0 unspecified atom stereocenters. The summed E-state index contributed by atoms with van der Waals surface area (Å²) in [6.45, 7) is 3.12. The molecular weight excluding hydrogens is 306 g/mol. The van der Waals surface area contributed by atoms with Crippen LogP contribution in [0.2, 0.25) is 0 Å². The van der Waals surface area contributed by atoms with Gasteiger partial charge in [0.2, 0.25) is 5.91 Å². The van der Waals surface area contributed by atoms with E-state index in [1.807, 2.05) is 17.0 Å². The summed E-state index contributed by atoms with van der Waals surface area (Å²) in [6, 6.07) is 5.47. The fourth-order valence-corrected chi connectivity index (χ4v) is 3.04. The summed E-state index contributed by atoms with van der Waals surface area (Å²) in [5.74, 6) is -0.645. The van der Waals surface area contributed by atoms with E-state index in [0.29, 0.717) is 6.54 Å². The van der Waals surface area contributed by atoms with Crippen LogP contribution in [-0.2, 0) is 4.79 Å². The molecule has 1 atom stereocenters. The van der Waals surface area contributed by atoms with Crippen LogP contribution in [0, 0.1) is 0 Å². The molecule has 2 aromatic heterocycles. The summed E-state index contributed by atoms with van der Waals surface area (Å²) in [6.07, 6.45) is 6.70. The highest BCUT2D eigenvalue weighted by molar-refractivity contribution is 5.88. The van der Waals surface area contributed by atoms with Crippen molar-refractivity contribution in [2.75, 3.05) is 13.1 Å². The second kappa shape index (κ2) is 6.78. The molecule has 0 spiro atoms. The van der Waals surface area contributed by atoms with Gasteiger partial charge in [-0.05, 0) is 25.0 Å². The maximum Gasteiger partial charge on any atom is 0.337 e. The van der Waals surface area contributed by atoms with E-state index in [0.717, 1.165) is 36.2 Å². The van der Waals surface area contributed by atoms with Crippen molar-refractivity contribution in [2.45, 2.75) is 25.7 Å². The number of likely N-dealkylation sites (tertiary alicyclic amines) is 1. The number of aromatic carboxylic acids is 1. The van der Waals surface area contributed by atoms with E-state index in [4.69, 9.17) is 5.11 Å². The van der Waals surface area contributed by atoms with Gasteiger partial charge >= 0.3 is 5.97 Å². The number of piperidine rings is 1. The summed E-state index contributed by atoms with van der Waals surface area (Å²) in [7, 11) is 0. The third kappa shape index (κ3) is 3.42. The van der Waals surface area contributed by atoms with Gasteiger partial charge in [-0.25, -0.2) is 4.79 Å². The number of carbonyl (C=O) groups is 2. The Kier molecular flexibility index (Phi) is 4.55. The lowest BCUT2D eigenvalue weighted by molar-refractivity contribution is -0.130. The normalized spacial score (nSPS) is 17.5. The zero-order chi connectivity index (χ0) is 17.1. The second-order valence-corrected chi connectivity index (χ2v) is 6.04. The van der Waals surface area contributed by atoms with Gasteiger partial charge in [-0.15, -0.1) is 0 Å². The number of carbonyl (C=O) groups excluding carboxylic acids is 1. The number of pyridine rings is 2. The number of amides is 1. The van der Waals surface area contributed by atoms with Gasteiger partial charge in [0.05, 0.1) is 5.56 Å². The lowest BCUT2D eigenvalue weighted by Gasteiger charge is -2.31. The number of aromatic nitrogens is 2. The highest BCUT2D eigenvalue weighted by Crippen LogP contribution is 2.27. The van der Waals surface area contributed by atoms with Crippen molar-refractivity contribution >= 4 is 11.9 Å². The highest BCUT2D eigenvalue weighted by atomic mass is 16.4. The van der Waals surface area contributed by atoms with Crippen molar-refractivity contribution in [1.29, 1.82) is 0 Å². The molecule has 124 valence electrons. The SMILES string of the molecule is CC(=O)N1CCC[C@@H](c2ccc(-c3cncc(C(=O)O)c3)cn2)C1. The van der Waals surface area contributed by atoms with Crippen molar-refractivity contribution in [3.05, 3.63) is 48.0 Å². The molecule has 0 saturated carbocycles. The Morgan fingerprint density at radius 1 is 1.21 bits per heavy atom. The van der Waals surface area contributed by atoms with Gasteiger partial charge in [0.25, 0.3) is 0 Å². The zero-order valence-electron chi connectivity index (χ0n) is 13.5. The topological polar surface area (TPSA) is 83.4 Å². The Hall–Kier alpha value is -2.76. The lowest BCUT2D eigenvalue weighted by Crippen LogP contribution is -2.37. The van der Waals surface area contributed by atoms with Crippen LogP contribution in [0.25, 0.3) is 11.1 Å². The molecule has 1 N–H and O–H groups in total. The van der Waals surface area contributed by atoms with Crippen LogP contribution in [0.15, 0.2) is 36.8 Å². The molecule has 0 radical (unpaired) electrons. The van der Waals surface area contributed by atoms with Crippen LogP contribution in [0.1, 0.15) is 41.7 Å². The molecular formula is C18H19N3O3. The van der Waals surface area contributed by atoms with E-state index in [9.17, 15) is 9.59 Å². The minimum Gasteiger partial charge on any atom is -0.478 e. The molecule has 1 aliphatic heterocycles. The van der Waals surface area contributed by atoms with Crippen LogP contribution in [-0.4, -0.2) is 44.9 Å². The number of carboxylic acids is 1. The van der Waals surface area contributed by atoms with Gasteiger partial charge in [0, 0.05) is 61.3 Å². The molecule has 1 amide bonds. The zero-order valence-corrected chi connectivity index (χ0v) is 13.5. The molecule has 6 nitrogen and oxygen atoms in total. The molecule has 3 rings (SSSR count). The van der Waals surface area contributed by atoms with Crippen molar-refractivity contribution < 1.29 is 14.7 Å². The Bertz CT molecular complexity index is 758. The Balaban J connectivity index is 1.79. The molecule has 1 fully saturated rings. The molecule has 1 aliphatic rings. The van der Waals surface area contributed by atoms with Gasteiger partial charge in [-0.1, -0.05) is 6.07 Å². The van der Waals surface area contributed by atoms with Crippen LogP contribution in [0.4, 0.5) is 0 Å². The van der Waals surface area contributed by atoms with Gasteiger partial charge in [0.15, 0.2) is 0 Å². The Morgan fingerprint density at radius 2 is 2.04 bits per heavy atom. The Labute approximate surface area is 140 Å². The molecule has 1 saturated heterocycles. The summed E-state index contributed by atoms with van der Waals surface area (Å²) in [5.41, 5.74) is 2.67. The maximum atomic E-state index is 11.6. The first-order chi connectivity index (χ1) is 11.5. The standard InChI is InChI=1S/C18H19N3O3/c1-12(22)21-6-2-3-14(11-21)17-5-4-13(10-20-17)15-7-16(18(23)24)9-19-8-15/h4-5,7-10,14H,2-3,6,11H2,1H3,(H,23,24)/t14-/m1/s1. The smallest absolute Gasteiger partial charge is 0.337 e. The number of nitrogens with zero attached hydrogens (tertiary/aromatic N) is 3. The van der Waals surface area contributed by atoms with Crippen molar-refractivity contribution in [2.24, 2.45) is 0 Å². The van der Waals surface area contributed by atoms with Crippen LogP contribution in [0.3, 0.4) is 0 Å². The predicted molar refractivity (Wildman–Crippen MR) is 88.7 cm³/mol. The minimum absolute atomic E-state index is 0.105. The van der Waals surface area contributed by atoms with E-state index < -0.39 is 5.97 Å². The van der Waals surface area contributed by atoms with Gasteiger partial charge in [-0.3, -0.25) is 14.8 Å². The summed E-state index contributed by atoms with van der Waals surface area (Å²) >= 11 is 0. The maximum absolute atomic E-state index is 11.6. The van der Waals surface area contributed by atoms with Crippen LogP contribution in [0.5, 0.6) is 0 Å². The summed E-state index contributed by atoms with van der Waals surface area (Å²) in [4.78, 5) is 33.0. The van der Waals surface area contributed by atoms with Gasteiger partial charge in [-0.2, -0.15) is 0 Å². The fraction of sp³-hybridized carbons (Fsp3) is 0.333. The van der Waals surface area contributed by atoms with E-state index in [1.165, 1.54) is 6.20 Å². The van der Waals surface area contributed by atoms with Crippen molar-refractivity contribution in [3.63, 3.8) is 0 Å². The molecule has 0 bridgehead atoms. The van der Waals surface area contributed by atoms with E-state index in [-0.39, 0.29) is 17.4 Å². The van der Waals surface area contributed by atoms with E-state index in [2.05, 4.69) is 9.97 Å². The lowest BCUT2D eigenvalue weighted by atomic mass is 9.93. The molecule has 0 aliphatic carbocycles. The van der Waals surface area contributed by atoms with Crippen molar-refractivity contribution in [1.82, 2.24) is 14.9 Å². The first-order valence-electron chi connectivity index (χ1n) is 7.95. The second-order valence-electron chi connectivity index (χ2n) is 6.04. The molecule has 24 heavy (non-hydrogen) atoms. The molecule has 2 aromatic rings. The highest BCUT2D eigenvalue weighted by Gasteiger charge is 2.23. The molecule has 0 aromatic carbocycles. The monoisotopic (exact) mass is 325 g/mol. The van der Waals surface area contributed by atoms with E-state index >= 15 is 0 Å². The number of hydrogen-bond acceptors (Lipinski definition) is 4. The summed E-state index contributed by atoms with van der Waals surface area (Å²) < 4.78 is 0. The number of hydrogen-bond donors (Lipinski definition) is 1. The first kappa shape index (κ1) is 16.1. The minimum atomic E-state index is -1.000. The Morgan fingerprint density at radius 3 is 2.71 bits per heavy atom. The summed E-state index contributed by atoms with van der Waals surface area (Å²) in [5, 5.41) is 9.05. The quantitative estimate of drug-likeness (QED) is 0.937. The average molecular weight is 325 g/mol. The van der Waals surface area contributed by atoms with Crippen molar-refractivity contribution in [3.8, 4) is 11.1 Å². The first-order valence-corrected chi connectivity index (χ1v) is 7.95. The van der Waals surface area contributed by atoms with Gasteiger partial charge in [0.1, 0.15) is 0 Å². The van der Waals surface area contributed by atoms with Gasteiger partial charge < -0.3 is 10.0 Å². The fourth-order valence-electron chi connectivity index (χ4n) is 3.04. The van der Waals surface area contributed by atoms with Crippen LogP contribution >= 0.6 is 0 Å². The third-order valence-corrected chi connectivity index (χ3v) is 4.39. The van der Waals surface area contributed by atoms with Crippen LogP contribution < -0.4 is 0 Å². The molecule has 6 heteroatoms. The van der Waals surface area contributed by atoms with E-state index in [1.54, 1.807) is 25.4 Å². The average Bonchev–Trinajstić information content (AvgIpc) is 2.62. The largest absolute Gasteiger partial charge is 0.478 e. The molecule has 3 heterocycles. The third-order valence-electron chi connectivity index (χ3n) is 4.39. The number of rotatable bonds is 3. The number of carboxylic acid groups (broad SMARTS) is 1.